The van der Waals surface area contributed by atoms with Crippen LogP contribution in [0, 0.1) is 0 Å². The summed E-state index contributed by atoms with van der Waals surface area (Å²) in [4.78, 5) is 8.16. The highest BCUT2D eigenvalue weighted by Crippen LogP contribution is 2.36. The van der Waals surface area contributed by atoms with Crippen LogP contribution in [0.25, 0.3) is 10.8 Å². The van der Waals surface area contributed by atoms with Gasteiger partial charge in [0.15, 0.2) is 16.5 Å². The van der Waals surface area contributed by atoms with Gasteiger partial charge >= 0.3 is 0 Å². The fraction of sp³-hybridized carbons (Fsp3) is 0.545. The molecular formula is C22H38N2Si2. The molecule has 0 spiro atoms. The largest absolute Gasteiger partial charge is 0.410 e. The number of rotatable bonds is 10. The van der Waals surface area contributed by atoms with Gasteiger partial charge in [0.25, 0.3) is 0 Å². The van der Waals surface area contributed by atoms with E-state index in [0.29, 0.717) is 0 Å². The Morgan fingerprint density at radius 3 is 1.23 bits per heavy atom. The van der Waals surface area contributed by atoms with Gasteiger partial charge in [-0.15, -0.1) is 0 Å². The summed E-state index contributed by atoms with van der Waals surface area (Å²) in [5, 5.41) is 2.74. The van der Waals surface area contributed by atoms with Gasteiger partial charge in [0.05, 0.1) is 0 Å². The molecule has 0 aliphatic rings. The highest BCUT2D eigenvalue weighted by molar-refractivity contribution is 6.83. The zero-order chi connectivity index (χ0) is 19.2. The summed E-state index contributed by atoms with van der Waals surface area (Å²) < 4.78 is 0. The van der Waals surface area contributed by atoms with Crippen molar-refractivity contribution in [2.24, 2.45) is 0 Å². The van der Waals surface area contributed by atoms with E-state index in [-0.39, 0.29) is 0 Å². The van der Waals surface area contributed by atoms with Crippen molar-refractivity contribution in [3.63, 3.8) is 0 Å². The molecule has 2 rings (SSSR count). The molecule has 0 saturated heterocycles. The summed E-state index contributed by atoms with van der Waals surface area (Å²) >= 11 is 0. The van der Waals surface area contributed by atoms with Crippen molar-refractivity contribution in [1.82, 2.24) is 0 Å². The van der Waals surface area contributed by atoms with Gasteiger partial charge < -0.3 is 9.96 Å². The lowest BCUT2D eigenvalue weighted by atomic mass is 10.1. The Bertz CT molecular complexity index is 633. The number of anilines is 2. The molecule has 2 aromatic rings. The van der Waals surface area contributed by atoms with E-state index in [9.17, 15) is 0 Å². The van der Waals surface area contributed by atoms with E-state index in [4.69, 9.17) is 0 Å². The van der Waals surface area contributed by atoms with Gasteiger partial charge in [0.1, 0.15) is 0 Å². The molecule has 26 heavy (non-hydrogen) atoms. The minimum atomic E-state index is -1.45. The number of nitrogens with one attached hydrogen (secondary N) is 2. The van der Waals surface area contributed by atoms with Crippen molar-refractivity contribution in [3.05, 3.63) is 36.4 Å². The Balaban J connectivity index is 2.56. The quantitative estimate of drug-likeness (QED) is 0.409. The highest BCUT2D eigenvalue weighted by Gasteiger charge is 2.30. The average Bonchev–Trinajstić information content (AvgIpc) is 2.70. The molecular weight excluding hydrogens is 348 g/mol. The molecule has 0 heterocycles. The maximum Gasteiger partial charge on any atom is 0.152 e. The molecule has 0 bridgehead atoms. The zero-order valence-corrected chi connectivity index (χ0v) is 19.7. The van der Waals surface area contributed by atoms with Crippen LogP contribution in [-0.2, 0) is 0 Å². The Morgan fingerprint density at radius 2 is 0.923 bits per heavy atom. The van der Waals surface area contributed by atoms with Gasteiger partial charge in [0, 0.05) is 16.8 Å². The average molecular weight is 387 g/mol. The zero-order valence-electron chi connectivity index (χ0n) is 17.7. The standard InChI is InChI=1S/C22H38N2Si2/c1-7-25(8-2,9-3)23-20-17-13-15-19-16-14-18-21(22(19)20)24-26(10-4,11-5)12-6/h13-18,23-24H,7-12H2,1-6H3. The van der Waals surface area contributed by atoms with E-state index < -0.39 is 16.5 Å². The van der Waals surface area contributed by atoms with Crippen LogP contribution >= 0.6 is 0 Å². The second-order valence-electron chi connectivity index (χ2n) is 7.64. The van der Waals surface area contributed by atoms with E-state index in [2.05, 4.69) is 87.9 Å². The molecule has 4 heteroatoms. The molecule has 0 aliphatic carbocycles. The monoisotopic (exact) mass is 386 g/mol. The minimum Gasteiger partial charge on any atom is -0.410 e. The number of hydrogen-bond acceptors (Lipinski definition) is 2. The first-order chi connectivity index (χ1) is 12.5. The summed E-state index contributed by atoms with van der Waals surface area (Å²) in [6, 6.07) is 21.2. The maximum atomic E-state index is 4.08. The smallest absolute Gasteiger partial charge is 0.152 e. The van der Waals surface area contributed by atoms with Crippen LogP contribution in [0.3, 0.4) is 0 Å². The lowest BCUT2D eigenvalue weighted by Crippen LogP contribution is -2.42. The molecule has 2 aromatic carbocycles. The lowest BCUT2D eigenvalue weighted by Gasteiger charge is -2.33. The van der Waals surface area contributed by atoms with Crippen molar-refractivity contribution < 1.29 is 0 Å². The second kappa shape index (κ2) is 9.09. The van der Waals surface area contributed by atoms with Gasteiger partial charge in [-0.25, -0.2) is 0 Å². The van der Waals surface area contributed by atoms with Crippen LogP contribution in [0.5, 0.6) is 0 Å². The number of fused-ring (bicyclic) bond motifs is 1. The molecule has 0 fully saturated rings. The van der Waals surface area contributed by atoms with Gasteiger partial charge in [0.2, 0.25) is 0 Å². The second-order valence-corrected chi connectivity index (χ2v) is 17.5. The summed E-state index contributed by atoms with van der Waals surface area (Å²) in [6.07, 6.45) is 0. The molecule has 0 aromatic heterocycles. The lowest BCUT2D eigenvalue weighted by molar-refractivity contribution is 1.17. The van der Waals surface area contributed by atoms with Crippen molar-refractivity contribution >= 4 is 38.6 Å². The number of hydrogen-bond donors (Lipinski definition) is 2. The molecule has 2 N–H and O–H groups in total. The Kier molecular flexibility index (Phi) is 7.36. The van der Waals surface area contributed by atoms with Crippen molar-refractivity contribution in [2.45, 2.75) is 77.8 Å². The minimum absolute atomic E-state index is 1.28. The van der Waals surface area contributed by atoms with Gasteiger partial charge in [-0.1, -0.05) is 65.8 Å². The normalized spacial score (nSPS) is 12.4. The van der Waals surface area contributed by atoms with Crippen LogP contribution in [0.2, 0.25) is 36.3 Å². The molecule has 0 aliphatic heterocycles. The first-order valence-electron chi connectivity index (χ1n) is 10.6. The summed E-state index contributed by atoms with van der Waals surface area (Å²) in [6.45, 7) is 14.2. The Labute approximate surface area is 163 Å². The van der Waals surface area contributed by atoms with Crippen LogP contribution in [0.1, 0.15) is 41.5 Å². The first kappa shape index (κ1) is 21.0. The van der Waals surface area contributed by atoms with Crippen molar-refractivity contribution in [3.8, 4) is 0 Å². The Hall–Kier alpha value is -1.27. The van der Waals surface area contributed by atoms with E-state index in [1.54, 1.807) is 0 Å². The van der Waals surface area contributed by atoms with E-state index in [1.807, 2.05) is 0 Å². The SMILES string of the molecule is CC[Si](CC)(CC)Nc1cccc2cccc(N[Si](CC)(CC)CC)c12. The number of benzene rings is 2. The van der Waals surface area contributed by atoms with Crippen molar-refractivity contribution in [2.75, 3.05) is 9.96 Å². The maximum absolute atomic E-state index is 4.08. The summed E-state index contributed by atoms with van der Waals surface area (Å²) in [5.74, 6) is 0. The third kappa shape index (κ3) is 4.17. The van der Waals surface area contributed by atoms with E-state index in [0.717, 1.165) is 0 Å². The van der Waals surface area contributed by atoms with Crippen LogP contribution < -0.4 is 9.96 Å². The van der Waals surface area contributed by atoms with Crippen molar-refractivity contribution in [1.29, 1.82) is 0 Å². The summed E-state index contributed by atoms with van der Waals surface area (Å²) in [5.41, 5.74) is 2.68. The van der Waals surface area contributed by atoms with E-state index in [1.165, 1.54) is 58.4 Å². The first-order valence-corrected chi connectivity index (χ1v) is 15.8. The molecule has 0 amide bonds. The predicted octanol–water partition coefficient (Wildman–Crippen LogP) is 7.67. The van der Waals surface area contributed by atoms with Crippen LogP contribution in [0.15, 0.2) is 36.4 Å². The van der Waals surface area contributed by atoms with Gasteiger partial charge in [-0.3, -0.25) is 0 Å². The Morgan fingerprint density at radius 1 is 0.577 bits per heavy atom. The van der Waals surface area contributed by atoms with Gasteiger partial charge in [-0.05, 0) is 53.8 Å². The molecule has 144 valence electrons. The van der Waals surface area contributed by atoms with Crippen LogP contribution in [0.4, 0.5) is 11.4 Å². The molecule has 0 saturated carbocycles. The topological polar surface area (TPSA) is 24.1 Å². The predicted molar refractivity (Wildman–Crippen MR) is 126 cm³/mol. The summed E-state index contributed by atoms with van der Waals surface area (Å²) in [7, 11) is -2.90. The fourth-order valence-electron chi connectivity index (χ4n) is 4.15. The third-order valence-electron chi connectivity index (χ3n) is 6.77. The molecule has 0 unspecified atom stereocenters. The third-order valence-corrected chi connectivity index (χ3v) is 16.5. The van der Waals surface area contributed by atoms with E-state index >= 15 is 0 Å². The molecule has 2 nitrogen and oxygen atoms in total. The molecule has 0 radical (unpaired) electrons. The fourth-order valence-corrected chi connectivity index (χ4v) is 9.77. The van der Waals surface area contributed by atoms with Gasteiger partial charge in [-0.2, -0.15) is 0 Å². The molecule has 0 atom stereocenters. The highest BCUT2D eigenvalue weighted by atomic mass is 28.3. The van der Waals surface area contributed by atoms with Crippen LogP contribution in [-0.4, -0.2) is 16.5 Å².